The first-order valence-electron chi connectivity index (χ1n) is 6.16. The Kier molecular flexibility index (Phi) is 4.49. The van der Waals surface area contributed by atoms with Crippen LogP contribution in [0.5, 0.6) is 0 Å². The molecule has 0 spiro atoms. The molecular formula is C15H13N3O3. The number of amides is 1. The number of hydrogen-bond acceptors (Lipinski definition) is 4. The second-order valence-corrected chi connectivity index (χ2v) is 4.26. The van der Waals surface area contributed by atoms with E-state index in [4.69, 9.17) is 5.11 Å². The number of aryl methyl sites for hydroxylation is 1. The molecule has 0 unspecified atom stereocenters. The number of aromatic nitrogens is 2. The first-order chi connectivity index (χ1) is 10.1. The maximum atomic E-state index is 12.0. The van der Waals surface area contributed by atoms with Crippen molar-refractivity contribution in [1.82, 2.24) is 9.97 Å². The normalized spacial score (nSPS) is 9.62. The van der Waals surface area contributed by atoms with Crippen LogP contribution in [-0.2, 0) is 0 Å². The molecule has 6 heteroatoms. The fourth-order valence-corrected chi connectivity index (χ4v) is 1.66. The highest BCUT2D eigenvalue weighted by Crippen LogP contribution is 2.17. The quantitative estimate of drug-likeness (QED) is 0.706. The van der Waals surface area contributed by atoms with Crippen molar-refractivity contribution in [2.24, 2.45) is 0 Å². The van der Waals surface area contributed by atoms with Crippen LogP contribution < -0.4 is 10.9 Å². The molecule has 0 aliphatic heterocycles. The minimum atomic E-state index is -0.456. The second-order valence-electron chi connectivity index (χ2n) is 4.26. The van der Waals surface area contributed by atoms with Crippen molar-refractivity contribution in [2.75, 3.05) is 11.9 Å². The molecule has 1 aromatic carbocycles. The number of anilines is 1. The minimum Gasteiger partial charge on any atom is -0.384 e. The SMILES string of the molecule is Cc1ccc(NC(=O)c2c[nH]c(=O)cn2)c(C#CCO)c1. The van der Waals surface area contributed by atoms with E-state index in [0.717, 1.165) is 11.8 Å². The van der Waals surface area contributed by atoms with Crippen LogP contribution in [-0.4, -0.2) is 27.6 Å². The second kappa shape index (κ2) is 6.50. The Morgan fingerprint density at radius 1 is 1.48 bits per heavy atom. The number of aromatic amines is 1. The smallest absolute Gasteiger partial charge is 0.275 e. The molecule has 2 rings (SSSR count). The van der Waals surface area contributed by atoms with Crippen molar-refractivity contribution < 1.29 is 9.90 Å². The van der Waals surface area contributed by atoms with Gasteiger partial charge in [0.05, 0.1) is 11.9 Å². The topological polar surface area (TPSA) is 95.1 Å². The summed E-state index contributed by atoms with van der Waals surface area (Å²) >= 11 is 0. The molecule has 1 aromatic heterocycles. The number of aliphatic hydroxyl groups is 1. The van der Waals surface area contributed by atoms with Crippen molar-refractivity contribution in [3.8, 4) is 11.8 Å². The van der Waals surface area contributed by atoms with Crippen molar-refractivity contribution >= 4 is 11.6 Å². The van der Waals surface area contributed by atoms with Crippen molar-refractivity contribution in [3.05, 3.63) is 57.8 Å². The molecule has 0 radical (unpaired) electrons. The maximum absolute atomic E-state index is 12.0. The zero-order valence-corrected chi connectivity index (χ0v) is 11.3. The summed E-state index contributed by atoms with van der Waals surface area (Å²) in [5.41, 5.74) is 1.81. The van der Waals surface area contributed by atoms with Crippen LogP contribution in [0.2, 0.25) is 0 Å². The summed E-state index contributed by atoms with van der Waals surface area (Å²) in [6.07, 6.45) is 2.28. The van der Waals surface area contributed by atoms with Crippen LogP contribution in [0.4, 0.5) is 5.69 Å². The Morgan fingerprint density at radius 3 is 2.95 bits per heavy atom. The fourth-order valence-electron chi connectivity index (χ4n) is 1.66. The summed E-state index contributed by atoms with van der Waals surface area (Å²) in [5.74, 6) is 4.86. The average Bonchev–Trinajstić information content (AvgIpc) is 2.48. The summed E-state index contributed by atoms with van der Waals surface area (Å²) in [6, 6.07) is 5.36. The summed E-state index contributed by atoms with van der Waals surface area (Å²) in [5, 5.41) is 11.4. The van der Waals surface area contributed by atoms with E-state index >= 15 is 0 Å². The highest BCUT2D eigenvalue weighted by Gasteiger charge is 2.10. The van der Waals surface area contributed by atoms with E-state index in [9.17, 15) is 9.59 Å². The molecule has 0 saturated heterocycles. The van der Waals surface area contributed by atoms with E-state index in [1.165, 1.54) is 6.20 Å². The van der Waals surface area contributed by atoms with Gasteiger partial charge in [0.2, 0.25) is 0 Å². The average molecular weight is 283 g/mol. The van der Waals surface area contributed by atoms with Crippen LogP contribution in [0.1, 0.15) is 21.6 Å². The Hall–Kier alpha value is -2.91. The van der Waals surface area contributed by atoms with E-state index in [1.54, 1.807) is 12.1 Å². The van der Waals surface area contributed by atoms with Gasteiger partial charge in [-0.15, -0.1) is 0 Å². The number of aliphatic hydroxyl groups excluding tert-OH is 1. The number of H-pyrrole nitrogens is 1. The highest BCUT2D eigenvalue weighted by molar-refractivity contribution is 6.03. The van der Waals surface area contributed by atoms with Crippen molar-refractivity contribution in [2.45, 2.75) is 6.92 Å². The summed E-state index contributed by atoms with van der Waals surface area (Å²) < 4.78 is 0. The molecule has 106 valence electrons. The number of nitrogens with one attached hydrogen (secondary N) is 2. The largest absolute Gasteiger partial charge is 0.384 e. The van der Waals surface area contributed by atoms with E-state index in [1.807, 2.05) is 13.0 Å². The van der Waals surface area contributed by atoms with Gasteiger partial charge in [0.25, 0.3) is 11.5 Å². The molecule has 3 N–H and O–H groups in total. The first kappa shape index (κ1) is 14.5. The molecular weight excluding hydrogens is 270 g/mol. The molecule has 0 aliphatic carbocycles. The molecule has 0 fully saturated rings. The molecule has 21 heavy (non-hydrogen) atoms. The van der Waals surface area contributed by atoms with Gasteiger partial charge in [0, 0.05) is 11.8 Å². The molecule has 0 bridgehead atoms. The molecule has 2 aromatic rings. The Labute approximate surface area is 120 Å². The van der Waals surface area contributed by atoms with Crippen molar-refractivity contribution in [3.63, 3.8) is 0 Å². The number of rotatable bonds is 2. The molecule has 0 atom stereocenters. The van der Waals surface area contributed by atoms with Gasteiger partial charge in [-0.2, -0.15) is 0 Å². The third-order valence-electron chi connectivity index (χ3n) is 2.63. The van der Waals surface area contributed by atoms with Gasteiger partial charge in [0.15, 0.2) is 0 Å². The lowest BCUT2D eigenvalue weighted by Crippen LogP contribution is -2.17. The van der Waals surface area contributed by atoms with Gasteiger partial charge in [0.1, 0.15) is 12.3 Å². The molecule has 0 saturated carbocycles. The lowest BCUT2D eigenvalue weighted by Gasteiger charge is -2.07. The monoisotopic (exact) mass is 283 g/mol. The fraction of sp³-hybridized carbons (Fsp3) is 0.133. The van der Waals surface area contributed by atoms with Gasteiger partial charge in [-0.05, 0) is 24.6 Å². The number of benzene rings is 1. The minimum absolute atomic E-state index is 0.0937. The van der Waals surface area contributed by atoms with Gasteiger partial charge in [-0.3, -0.25) is 9.59 Å². The lowest BCUT2D eigenvalue weighted by atomic mass is 10.1. The Balaban J connectivity index is 2.28. The molecule has 1 heterocycles. The summed E-state index contributed by atoms with van der Waals surface area (Å²) in [6.45, 7) is 1.64. The van der Waals surface area contributed by atoms with Crippen LogP contribution in [0, 0.1) is 18.8 Å². The molecule has 6 nitrogen and oxygen atoms in total. The lowest BCUT2D eigenvalue weighted by molar-refractivity contribution is 0.102. The maximum Gasteiger partial charge on any atom is 0.275 e. The van der Waals surface area contributed by atoms with Crippen LogP contribution >= 0.6 is 0 Å². The van der Waals surface area contributed by atoms with Crippen LogP contribution in [0.3, 0.4) is 0 Å². The third kappa shape index (κ3) is 3.78. The summed E-state index contributed by atoms with van der Waals surface area (Å²) in [4.78, 5) is 29.1. The van der Waals surface area contributed by atoms with E-state index in [2.05, 4.69) is 27.1 Å². The highest BCUT2D eigenvalue weighted by atomic mass is 16.2. The van der Waals surface area contributed by atoms with Crippen LogP contribution in [0.15, 0.2) is 35.4 Å². The Bertz CT molecular complexity index is 764. The summed E-state index contributed by atoms with van der Waals surface area (Å²) in [7, 11) is 0. The van der Waals surface area contributed by atoms with E-state index < -0.39 is 5.91 Å². The number of carbonyl (C=O) groups is 1. The predicted octanol–water partition coefficient (Wildman–Crippen LogP) is 0.674. The van der Waals surface area contributed by atoms with Gasteiger partial charge < -0.3 is 15.4 Å². The third-order valence-corrected chi connectivity index (χ3v) is 2.63. The van der Waals surface area contributed by atoms with Gasteiger partial charge in [-0.1, -0.05) is 17.9 Å². The number of hydrogen-bond donors (Lipinski definition) is 3. The number of nitrogens with zero attached hydrogens (tertiary/aromatic N) is 1. The van der Waals surface area contributed by atoms with Gasteiger partial charge >= 0.3 is 0 Å². The number of carbonyl (C=O) groups excluding carboxylic acids is 1. The van der Waals surface area contributed by atoms with Crippen LogP contribution in [0.25, 0.3) is 0 Å². The van der Waals surface area contributed by atoms with Crippen molar-refractivity contribution in [1.29, 1.82) is 0 Å². The predicted molar refractivity (Wildman–Crippen MR) is 78.0 cm³/mol. The zero-order chi connectivity index (χ0) is 15.2. The first-order valence-corrected chi connectivity index (χ1v) is 6.16. The molecule has 1 amide bonds. The Morgan fingerprint density at radius 2 is 2.29 bits per heavy atom. The molecule has 0 aliphatic rings. The zero-order valence-electron chi connectivity index (χ0n) is 11.3. The van der Waals surface area contributed by atoms with Gasteiger partial charge in [-0.25, -0.2) is 4.98 Å². The standard InChI is InChI=1S/C15H13N3O3/c1-10-4-5-12(11(7-10)3-2-6-19)18-15(21)13-8-17-14(20)9-16-13/h4-5,7-9,19H,6H2,1H3,(H,17,20)(H,18,21). The van der Waals surface area contributed by atoms with E-state index in [-0.39, 0.29) is 17.9 Å². The van der Waals surface area contributed by atoms with E-state index in [0.29, 0.717) is 11.3 Å².